The quantitative estimate of drug-likeness (QED) is 0.397. The van der Waals surface area contributed by atoms with Crippen molar-refractivity contribution in [3.05, 3.63) is 12.2 Å². The van der Waals surface area contributed by atoms with Crippen LogP contribution in [0.5, 0.6) is 0 Å². The molecular weight excluding hydrogens is 107 g/mol. The molecule has 0 N–H and O–H groups in total. The second-order valence-electron chi connectivity index (χ2n) is 2.47. The van der Waals surface area contributed by atoms with Crippen LogP contribution in [-0.4, -0.2) is 7.85 Å². The van der Waals surface area contributed by atoms with Gasteiger partial charge in [-0.05, 0) is 12.8 Å². The molecule has 0 bridgehead atoms. The highest BCUT2D eigenvalue weighted by atomic mass is 13.8. The molecule has 9 heavy (non-hydrogen) atoms. The summed E-state index contributed by atoms with van der Waals surface area (Å²) >= 11 is 0. The summed E-state index contributed by atoms with van der Waals surface area (Å²) in [6.45, 7) is 4.20. The maximum absolute atomic E-state index is 5.52. The molecule has 0 saturated heterocycles. The maximum Gasteiger partial charge on any atom is 0.0699 e. The number of allylic oxidation sites excluding steroid dienone is 2. The Morgan fingerprint density at radius 3 is 2.56 bits per heavy atom. The van der Waals surface area contributed by atoms with Crippen molar-refractivity contribution in [2.24, 2.45) is 0 Å². The minimum Gasteiger partial charge on any atom is -0.0890 e. The lowest BCUT2D eigenvalue weighted by molar-refractivity contribution is 0.918. The summed E-state index contributed by atoms with van der Waals surface area (Å²) in [5, 5.41) is 0. The molecule has 0 saturated carbocycles. The van der Waals surface area contributed by atoms with E-state index in [1.807, 2.05) is 6.92 Å². The van der Waals surface area contributed by atoms with Gasteiger partial charge in [0.1, 0.15) is 0 Å². The van der Waals surface area contributed by atoms with Gasteiger partial charge in [0.2, 0.25) is 0 Å². The Bertz CT molecular complexity index is 74.6. The van der Waals surface area contributed by atoms with E-state index >= 15 is 0 Å². The largest absolute Gasteiger partial charge is 0.0890 e. The van der Waals surface area contributed by atoms with Gasteiger partial charge < -0.3 is 0 Å². The van der Waals surface area contributed by atoms with Crippen molar-refractivity contribution < 1.29 is 0 Å². The van der Waals surface area contributed by atoms with Crippen molar-refractivity contribution in [3.63, 3.8) is 0 Å². The zero-order valence-electron chi connectivity index (χ0n) is 6.43. The zero-order valence-corrected chi connectivity index (χ0v) is 6.43. The molecule has 0 fully saturated rings. The number of unbranched alkanes of at least 4 members (excludes halogenated alkanes) is 1. The fourth-order valence-electron chi connectivity index (χ4n) is 0.595. The van der Waals surface area contributed by atoms with Crippen molar-refractivity contribution in [1.82, 2.24) is 0 Å². The van der Waals surface area contributed by atoms with Crippen molar-refractivity contribution >= 4 is 7.85 Å². The van der Waals surface area contributed by atoms with Crippen molar-refractivity contribution in [3.8, 4) is 0 Å². The first-order valence-corrected chi connectivity index (χ1v) is 3.68. The van der Waals surface area contributed by atoms with Crippen LogP contribution >= 0.6 is 0 Å². The number of hydrogen-bond donors (Lipinski definition) is 0. The van der Waals surface area contributed by atoms with Crippen LogP contribution in [0.15, 0.2) is 12.2 Å². The van der Waals surface area contributed by atoms with Gasteiger partial charge in [-0.3, -0.25) is 0 Å². The summed E-state index contributed by atoms with van der Waals surface area (Å²) < 4.78 is 0. The Hall–Kier alpha value is -0.195. The molecule has 0 nitrogen and oxygen atoms in total. The van der Waals surface area contributed by atoms with Crippen molar-refractivity contribution in [1.29, 1.82) is 0 Å². The van der Waals surface area contributed by atoms with Crippen LogP contribution in [0.25, 0.3) is 0 Å². The SMILES string of the molecule is [B]C(C)C/C=C\CCC. The predicted molar refractivity (Wildman–Crippen MR) is 43.8 cm³/mol. The highest BCUT2D eigenvalue weighted by Gasteiger charge is 1.85. The van der Waals surface area contributed by atoms with Crippen LogP contribution in [0.4, 0.5) is 0 Å². The maximum atomic E-state index is 5.52. The summed E-state index contributed by atoms with van der Waals surface area (Å²) in [6, 6.07) is 0. The van der Waals surface area contributed by atoms with E-state index < -0.39 is 0 Å². The zero-order chi connectivity index (χ0) is 7.11. The molecule has 0 aromatic rings. The molecule has 0 aliphatic rings. The van der Waals surface area contributed by atoms with E-state index in [1.165, 1.54) is 12.8 Å². The van der Waals surface area contributed by atoms with Gasteiger partial charge in [0.15, 0.2) is 0 Å². The monoisotopic (exact) mass is 122 g/mol. The van der Waals surface area contributed by atoms with Gasteiger partial charge in [-0.25, -0.2) is 0 Å². The molecule has 0 rings (SSSR count). The van der Waals surface area contributed by atoms with E-state index in [4.69, 9.17) is 7.85 Å². The third-order valence-electron chi connectivity index (χ3n) is 1.13. The van der Waals surface area contributed by atoms with Gasteiger partial charge in [-0.1, -0.05) is 38.2 Å². The third kappa shape index (κ3) is 7.80. The molecule has 0 heterocycles. The van der Waals surface area contributed by atoms with Gasteiger partial charge >= 0.3 is 0 Å². The van der Waals surface area contributed by atoms with Crippen LogP contribution in [0.2, 0.25) is 5.82 Å². The summed E-state index contributed by atoms with van der Waals surface area (Å²) in [5.41, 5.74) is 0. The molecule has 0 aromatic carbocycles. The fourth-order valence-corrected chi connectivity index (χ4v) is 0.595. The van der Waals surface area contributed by atoms with Gasteiger partial charge in [0, 0.05) is 0 Å². The van der Waals surface area contributed by atoms with E-state index in [9.17, 15) is 0 Å². The van der Waals surface area contributed by atoms with Gasteiger partial charge in [0.25, 0.3) is 0 Å². The Kier molecular flexibility index (Phi) is 5.80. The van der Waals surface area contributed by atoms with Gasteiger partial charge in [-0.15, -0.1) is 0 Å². The lowest BCUT2D eigenvalue weighted by Gasteiger charge is -1.95. The Morgan fingerprint density at radius 2 is 2.11 bits per heavy atom. The molecule has 0 aliphatic heterocycles. The van der Waals surface area contributed by atoms with E-state index in [0.29, 0.717) is 5.82 Å². The summed E-state index contributed by atoms with van der Waals surface area (Å²) in [6.07, 6.45) is 7.79. The second kappa shape index (κ2) is 5.93. The minimum absolute atomic E-state index is 0.318. The number of hydrogen-bond acceptors (Lipinski definition) is 0. The van der Waals surface area contributed by atoms with Crippen LogP contribution in [0, 0.1) is 0 Å². The lowest BCUT2D eigenvalue weighted by atomic mass is 9.86. The molecule has 50 valence electrons. The molecule has 1 heteroatoms. The van der Waals surface area contributed by atoms with E-state index in [1.54, 1.807) is 0 Å². The highest BCUT2D eigenvalue weighted by Crippen LogP contribution is 2.03. The third-order valence-corrected chi connectivity index (χ3v) is 1.13. The van der Waals surface area contributed by atoms with Crippen molar-refractivity contribution in [2.75, 3.05) is 0 Å². The van der Waals surface area contributed by atoms with Crippen LogP contribution in [-0.2, 0) is 0 Å². The molecule has 0 aromatic heterocycles. The fraction of sp³-hybridized carbons (Fsp3) is 0.750. The normalized spacial score (nSPS) is 14.4. The molecule has 2 radical (unpaired) electrons. The standard InChI is InChI=1S/C8H15B/c1-3-4-5-6-7-8(2)9/h5-6,8H,3-4,7H2,1-2H3/b6-5-. The van der Waals surface area contributed by atoms with Crippen LogP contribution in [0.3, 0.4) is 0 Å². The van der Waals surface area contributed by atoms with E-state index in [2.05, 4.69) is 19.1 Å². The lowest BCUT2D eigenvalue weighted by Crippen LogP contribution is -1.79. The van der Waals surface area contributed by atoms with Crippen LogP contribution in [0.1, 0.15) is 33.1 Å². The molecular formula is C8H15B. The Labute approximate surface area is 59.8 Å². The first kappa shape index (κ1) is 8.80. The topological polar surface area (TPSA) is 0 Å². The summed E-state index contributed by atoms with van der Waals surface area (Å²) in [7, 11) is 5.52. The average Bonchev–Trinajstić information content (AvgIpc) is 1.80. The smallest absolute Gasteiger partial charge is 0.0699 e. The molecule has 0 aliphatic carbocycles. The highest BCUT2D eigenvalue weighted by molar-refractivity contribution is 6.11. The predicted octanol–water partition coefficient (Wildman–Crippen LogP) is 2.71. The summed E-state index contributed by atoms with van der Waals surface area (Å²) in [5.74, 6) is 0.318. The number of rotatable bonds is 4. The first-order valence-electron chi connectivity index (χ1n) is 3.68. The van der Waals surface area contributed by atoms with Gasteiger partial charge in [-0.2, -0.15) is 0 Å². The van der Waals surface area contributed by atoms with Crippen LogP contribution < -0.4 is 0 Å². The molecule has 0 spiro atoms. The molecule has 0 amide bonds. The Morgan fingerprint density at radius 1 is 1.44 bits per heavy atom. The van der Waals surface area contributed by atoms with Crippen molar-refractivity contribution in [2.45, 2.75) is 38.9 Å². The molecule has 1 unspecified atom stereocenters. The first-order chi connectivity index (χ1) is 4.27. The Balaban J connectivity index is 3.04. The average molecular weight is 122 g/mol. The second-order valence-corrected chi connectivity index (χ2v) is 2.47. The van der Waals surface area contributed by atoms with Gasteiger partial charge in [0.05, 0.1) is 7.85 Å². The molecule has 1 atom stereocenters. The van der Waals surface area contributed by atoms with E-state index in [-0.39, 0.29) is 0 Å². The minimum atomic E-state index is 0.318. The van der Waals surface area contributed by atoms with E-state index in [0.717, 1.165) is 6.42 Å². The summed E-state index contributed by atoms with van der Waals surface area (Å²) in [4.78, 5) is 0.